The van der Waals surface area contributed by atoms with Crippen molar-refractivity contribution in [2.24, 2.45) is 0 Å². The summed E-state index contributed by atoms with van der Waals surface area (Å²) in [6, 6.07) is 1.60. The van der Waals surface area contributed by atoms with Crippen LogP contribution in [0.3, 0.4) is 0 Å². The smallest absolute Gasteiger partial charge is 0.256 e. The summed E-state index contributed by atoms with van der Waals surface area (Å²) in [6.45, 7) is 5.15. The Balaban J connectivity index is 2.99. The molecule has 1 aromatic heterocycles. The zero-order chi connectivity index (χ0) is 15.1. The molecule has 0 aliphatic heterocycles. The van der Waals surface area contributed by atoms with Crippen molar-refractivity contribution >= 4 is 11.6 Å². The number of anilines is 1. The normalized spacial score (nSPS) is 12.2. The highest BCUT2D eigenvalue weighted by Gasteiger charge is 2.23. The second-order valence-corrected chi connectivity index (χ2v) is 4.70. The Hall–Kier alpha value is -1.66. The number of aryl methyl sites for hydroxylation is 1. The largest absolute Gasteiger partial charge is 0.397 e. The summed E-state index contributed by atoms with van der Waals surface area (Å²) in [4.78, 5) is 18.5. The van der Waals surface area contributed by atoms with Crippen molar-refractivity contribution in [3.05, 3.63) is 23.5 Å². The van der Waals surface area contributed by atoms with Gasteiger partial charge >= 0.3 is 0 Å². The van der Waals surface area contributed by atoms with E-state index in [0.717, 1.165) is 0 Å². The highest BCUT2D eigenvalue weighted by molar-refractivity contribution is 5.96. The number of nitrogens with zero attached hydrogens (tertiary/aromatic N) is 2. The molecule has 6 nitrogen and oxygen atoms in total. The fourth-order valence-electron chi connectivity index (χ4n) is 1.96. The Bertz CT molecular complexity index is 451. The van der Waals surface area contributed by atoms with Gasteiger partial charge in [0.05, 0.1) is 42.4 Å². The van der Waals surface area contributed by atoms with Crippen LogP contribution in [0.4, 0.5) is 5.69 Å². The summed E-state index contributed by atoms with van der Waals surface area (Å²) in [6.07, 6.45) is 1.55. The monoisotopic (exact) mass is 281 g/mol. The van der Waals surface area contributed by atoms with Crippen LogP contribution in [-0.4, -0.2) is 55.8 Å². The van der Waals surface area contributed by atoms with Gasteiger partial charge in [-0.3, -0.25) is 9.78 Å². The number of amides is 1. The van der Waals surface area contributed by atoms with E-state index in [9.17, 15) is 4.79 Å². The Morgan fingerprint density at radius 3 is 2.75 bits per heavy atom. The Morgan fingerprint density at radius 2 is 2.15 bits per heavy atom. The molecular weight excluding hydrogens is 258 g/mol. The number of carbonyl (C=O) groups is 1. The molecule has 0 spiro atoms. The van der Waals surface area contributed by atoms with Crippen molar-refractivity contribution in [1.82, 2.24) is 9.88 Å². The molecular formula is C14H23N3O3. The summed E-state index contributed by atoms with van der Waals surface area (Å²) < 4.78 is 10.2. The number of nitrogens with two attached hydrogens (primary N) is 1. The Morgan fingerprint density at radius 1 is 1.45 bits per heavy atom. The number of methoxy groups -OCH3 is 2. The van der Waals surface area contributed by atoms with Gasteiger partial charge in [-0.2, -0.15) is 0 Å². The Labute approximate surface area is 119 Å². The second-order valence-electron chi connectivity index (χ2n) is 4.70. The maximum Gasteiger partial charge on any atom is 0.256 e. The predicted octanol–water partition coefficient (Wildman–Crippen LogP) is 1.10. The summed E-state index contributed by atoms with van der Waals surface area (Å²) in [5.74, 6) is -0.107. The molecule has 1 heterocycles. The van der Waals surface area contributed by atoms with Gasteiger partial charge in [-0.15, -0.1) is 0 Å². The standard InChI is InChI=1S/C14H23N3O3/c1-10(9-20-4)17(5-6-19-3)14(18)13-7-12(15)8-16-11(13)2/h7-8,10H,5-6,9,15H2,1-4H3. The van der Waals surface area contributed by atoms with Gasteiger partial charge in [-0.1, -0.05) is 0 Å². The van der Waals surface area contributed by atoms with Crippen LogP contribution in [0.2, 0.25) is 0 Å². The van der Waals surface area contributed by atoms with E-state index >= 15 is 0 Å². The fraction of sp³-hybridized carbons (Fsp3) is 0.571. The van der Waals surface area contributed by atoms with E-state index in [1.807, 2.05) is 6.92 Å². The van der Waals surface area contributed by atoms with Crippen molar-refractivity contribution < 1.29 is 14.3 Å². The minimum absolute atomic E-state index is 0.0523. The molecule has 1 aromatic rings. The fourth-order valence-corrected chi connectivity index (χ4v) is 1.96. The molecule has 0 bridgehead atoms. The molecule has 0 saturated heterocycles. The van der Waals surface area contributed by atoms with Crippen LogP contribution >= 0.6 is 0 Å². The number of hydrogen-bond donors (Lipinski definition) is 1. The number of hydrogen-bond acceptors (Lipinski definition) is 5. The molecule has 0 fully saturated rings. The average Bonchev–Trinajstić information content (AvgIpc) is 2.42. The molecule has 0 aliphatic rings. The zero-order valence-electron chi connectivity index (χ0n) is 12.5. The molecule has 6 heteroatoms. The summed E-state index contributed by atoms with van der Waals surface area (Å²) in [7, 11) is 3.22. The number of carbonyl (C=O) groups excluding carboxylic acids is 1. The van der Waals surface area contributed by atoms with Crippen LogP contribution in [0.15, 0.2) is 12.3 Å². The van der Waals surface area contributed by atoms with E-state index in [-0.39, 0.29) is 11.9 Å². The molecule has 112 valence electrons. The van der Waals surface area contributed by atoms with Gasteiger partial charge in [0, 0.05) is 20.8 Å². The summed E-state index contributed by atoms with van der Waals surface area (Å²) >= 11 is 0. The zero-order valence-corrected chi connectivity index (χ0v) is 12.5. The molecule has 1 rings (SSSR count). The van der Waals surface area contributed by atoms with Crippen LogP contribution in [0.25, 0.3) is 0 Å². The van der Waals surface area contributed by atoms with Crippen molar-refractivity contribution in [2.45, 2.75) is 19.9 Å². The molecule has 0 aliphatic carbocycles. The van der Waals surface area contributed by atoms with Gasteiger partial charge < -0.3 is 20.1 Å². The lowest BCUT2D eigenvalue weighted by atomic mass is 10.1. The first-order valence-corrected chi connectivity index (χ1v) is 6.52. The van der Waals surface area contributed by atoms with Gasteiger partial charge in [0.2, 0.25) is 0 Å². The molecule has 0 saturated carbocycles. The predicted molar refractivity (Wildman–Crippen MR) is 77.6 cm³/mol. The molecule has 20 heavy (non-hydrogen) atoms. The summed E-state index contributed by atoms with van der Waals surface area (Å²) in [5.41, 5.74) is 7.38. The topological polar surface area (TPSA) is 77.7 Å². The van der Waals surface area contributed by atoms with E-state index in [2.05, 4.69) is 4.98 Å². The average molecular weight is 281 g/mol. The lowest BCUT2D eigenvalue weighted by molar-refractivity contribution is 0.0478. The molecule has 0 radical (unpaired) electrons. The number of rotatable bonds is 7. The van der Waals surface area contributed by atoms with Crippen molar-refractivity contribution in [3.63, 3.8) is 0 Å². The third-order valence-electron chi connectivity index (χ3n) is 3.08. The third-order valence-corrected chi connectivity index (χ3v) is 3.08. The van der Waals surface area contributed by atoms with Crippen LogP contribution < -0.4 is 5.73 Å². The SMILES string of the molecule is COCCN(C(=O)c1cc(N)cnc1C)C(C)COC. The van der Waals surface area contributed by atoms with E-state index in [0.29, 0.717) is 36.7 Å². The minimum atomic E-state index is -0.107. The Kier molecular flexibility index (Phi) is 6.41. The number of ether oxygens (including phenoxy) is 2. The van der Waals surface area contributed by atoms with Gasteiger partial charge in [0.15, 0.2) is 0 Å². The van der Waals surface area contributed by atoms with Gasteiger partial charge in [-0.05, 0) is 19.9 Å². The van der Waals surface area contributed by atoms with Crippen LogP contribution in [0.5, 0.6) is 0 Å². The molecule has 1 unspecified atom stereocenters. The number of pyridine rings is 1. The van der Waals surface area contributed by atoms with Crippen molar-refractivity contribution in [3.8, 4) is 0 Å². The lowest BCUT2D eigenvalue weighted by Crippen LogP contribution is -2.43. The van der Waals surface area contributed by atoms with E-state index in [1.165, 1.54) is 0 Å². The molecule has 1 atom stereocenters. The van der Waals surface area contributed by atoms with Crippen molar-refractivity contribution in [1.29, 1.82) is 0 Å². The van der Waals surface area contributed by atoms with Crippen molar-refractivity contribution in [2.75, 3.05) is 39.7 Å². The van der Waals surface area contributed by atoms with Gasteiger partial charge in [-0.25, -0.2) is 0 Å². The van der Waals surface area contributed by atoms with E-state index in [1.54, 1.807) is 38.3 Å². The maximum absolute atomic E-state index is 12.7. The molecule has 0 aromatic carbocycles. The highest BCUT2D eigenvalue weighted by Crippen LogP contribution is 2.14. The molecule has 2 N–H and O–H groups in total. The number of nitrogen functional groups attached to an aromatic ring is 1. The maximum atomic E-state index is 12.7. The lowest BCUT2D eigenvalue weighted by Gasteiger charge is -2.29. The van der Waals surface area contributed by atoms with Gasteiger partial charge in [0.1, 0.15) is 0 Å². The first kappa shape index (κ1) is 16.4. The van der Waals surface area contributed by atoms with E-state index in [4.69, 9.17) is 15.2 Å². The van der Waals surface area contributed by atoms with Crippen LogP contribution in [0, 0.1) is 6.92 Å². The molecule has 1 amide bonds. The van der Waals surface area contributed by atoms with Crippen LogP contribution in [0.1, 0.15) is 23.0 Å². The highest BCUT2D eigenvalue weighted by atomic mass is 16.5. The third kappa shape index (κ3) is 4.18. The second kappa shape index (κ2) is 7.81. The first-order valence-electron chi connectivity index (χ1n) is 6.52. The van der Waals surface area contributed by atoms with Crippen LogP contribution in [-0.2, 0) is 9.47 Å². The summed E-state index contributed by atoms with van der Waals surface area (Å²) in [5, 5.41) is 0. The quantitative estimate of drug-likeness (QED) is 0.809. The first-order chi connectivity index (χ1) is 9.51. The number of aromatic nitrogens is 1. The minimum Gasteiger partial charge on any atom is -0.397 e. The van der Waals surface area contributed by atoms with Gasteiger partial charge in [0.25, 0.3) is 5.91 Å². The van der Waals surface area contributed by atoms with E-state index < -0.39 is 0 Å².